The van der Waals surface area contributed by atoms with Crippen molar-refractivity contribution in [3.8, 4) is 0 Å². The monoisotopic (exact) mass is 361 g/mol. The SMILES string of the molecule is CCNC(=O)c1ccc(NC(=O)c2nc(Br)ccc2C)cc1. The van der Waals surface area contributed by atoms with Gasteiger partial charge in [-0.2, -0.15) is 0 Å². The lowest BCUT2D eigenvalue weighted by atomic mass is 10.1. The second kappa shape index (κ2) is 7.17. The summed E-state index contributed by atoms with van der Waals surface area (Å²) in [6.45, 7) is 4.26. The molecule has 5 nitrogen and oxygen atoms in total. The molecule has 0 aliphatic rings. The van der Waals surface area contributed by atoms with E-state index in [0.717, 1.165) is 5.56 Å². The molecular weight excluding hydrogens is 346 g/mol. The molecule has 2 amide bonds. The van der Waals surface area contributed by atoms with E-state index in [4.69, 9.17) is 0 Å². The number of rotatable bonds is 4. The van der Waals surface area contributed by atoms with Crippen molar-refractivity contribution in [3.63, 3.8) is 0 Å². The average molecular weight is 362 g/mol. The molecule has 1 aromatic heterocycles. The van der Waals surface area contributed by atoms with Crippen molar-refractivity contribution in [2.24, 2.45) is 0 Å². The molecule has 0 unspecified atom stereocenters. The first-order valence-electron chi connectivity index (χ1n) is 6.84. The molecule has 0 saturated heterocycles. The minimum atomic E-state index is -0.287. The van der Waals surface area contributed by atoms with Gasteiger partial charge < -0.3 is 10.6 Å². The van der Waals surface area contributed by atoms with Gasteiger partial charge in [0.15, 0.2) is 0 Å². The number of carbonyl (C=O) groups is 2. The molecule has 0 fully saturated rings. The number of halogens is 1. The van der Waals surface area contributed by atoms with E-state index in [1.807, 2.05) is 19.9 Å². The standard InChI is InChI=1S/C16H16BrN3O2/c1-3-18-15(21)11-5-7-12(8-6-11)19-16(22)14-10(2)4-9-13(17)20-14/h4-9H,3H2,1-2H3,(H,18,21)(H,19,22). The fraction of sp³-hybridized carbons (Fsp3) is 0.188. The van der Waals surface area contributed by atoms with Crippen molar-refractivity contribution in [3.05, 3.63) is 57.8 Å². The Bertz CT molecular complexity index is 699. The average Bonchev–Trinajstić information content (AvgIpc) is 2.50. The third kappa shape index (κ3) is 3.92. The van der Waals surface area contributed by atoms with Gasteiger partial charge in [-0.1, -0.05) is 6.07 Å². The first-order valence-corrected chi connectivity index (χ1v) is 7.63. The van der Waals surface area contributed by atoms with Crippen LogP contribution in [0.1, 0.15) is 33.3 Å². The highest BCUT2D eigenvalue weighted by molar-refractivity contribution is 9.10. The molecule has 6 heteroatoms. The minimum Gasteiger partial charge on any atom is -0.352 e. The first kappa shape index (κ1) is 16.2. The molecule has 1 aromatic carbocycles. The molecular formula is C16H16BrN3O2. The van der Waals surface area contributed by atoms with Crippen molar-refractivity contribution < 1.29 is 9.59 Å². The number of pyridine rings is 1. The summed E-state index contributed by atoms with van der Waals surface area (Å²) in [5, 5.41) is 5.49. The van der Waals surface area contributed by atoms with Crippen LogP contribution in [0.2, 0.25) is 0 Å². The van der Waals surface area contributed by atoms with Crippen molar-refractivity contribution in [2.45, 2.75) is 13.8 Å². The molecule has 2 aromatic rings. The lowest BCUT2D eigenvalue weighted by Crippen LogP contribution is -2.22. The first-order chi connectivity index (χ1) is 10.5. The molecule has 1 heterocycles. The highest BCUT2D eigenvalue weighted by atomic mass is 79.9. The van der Waals surface area contributed by atoms with Gasteiger partial charge in [0.2, 0.25) is 0 Å². The Morgan fingerprint density at radius 2 is 1.77 bits per heavy atom. The number of carbonyl (C=O) groups excluding carboxylic acids is 2. The van der Waals surface area contributed by atoms with Gasteiger partial charge in [-0.3, -0.25) is 9.59 Å². The number of amides is 2. The zero-order valence-corrected chi connectivity index (χ0v) is 13.9. The Morgan fingerprint density at radius 1 is 1.09 bits per heavy atom. The highest BCUT2D eigenvalue weighted by Gasteiger charge is 2.12. The minimum absolute atomic E-state index is 0.134. The van der Waals surface area contributed by atoms with Crippen LogP contribution < -0.4 is 10.6 Å². The molecule has 2 rings (SSSR count). The molecule has 0 saturated carbocycles. The Kier molecular flexibility index (Phi) is 5.27. The zero-order chi connectivity index (χ0) is 16.1. The van der Waals surface area contributed by atoms with Crippen LogP contribution in [0.5, 0.6) is 0 Å². The number of aryl methyl sites for hydroxylation is 1. The predicted octanol–water partition coefficient (Wildman–Crippen LogP) is 3.15. The van der Waals surface area contributed by atoms with Crippen LogP contribution in [0, 0.1) is 6.92 Å². The number of hydrogen-bond acceptors (Lipinski definition) is 3. The van der Waals surface area contributed by atoms with E-state index in [-0.39, 0.29) is 11.8 Å². The Labute approximate surface area is 137 Å². The van der Waals surface area contributed by atoms with Gasteiger partial charge in [-0.05, 0) is 65.7 Å². The number of nitrogens with one attached hydrogen (secondary N) is 2. The summed E-state index contributed by atoms with van der Waals surface area (Å²) < 4.78 is 0.606. The summed E-state index contributed by atoms with van der Waals surface area (Å²) in [6, 6.07) is 10.3. The van der Waals surface area contributed by atoms with Crippen LogP contribution in [0.25, 0.3) is 0 Å². The van der Waals surface area contributed by atoms with Crippen LogP contribution >= 0.6 is 15.9 Å². The normalized spacial score (nSPS) is 10.1. The molecule has 0 aliphatic heterocycles. The maximum absolute atomic E-state index is 12.2. The van der Waals surface area contributed by atoms with Gasteiger partial charge in [-0.15, -0.1) is 0 Å². The van der Waals surface area contributed by atoms with Crippen LogP contribution in [-0.4, -0.2) is 23.3 Å². The van der Waals surface area contributed by atoms with Gasteiger partial charge in [0.05, 0.1) is 0 Å². The second-order valence-electron chi connectivity index (χ2n) is 4.69. The molecule has 2 N–H and O–H groups in total. The second-order valence-corrected chi connectivity index (χ2v) is 5.50. The lowest BCUT2D eigenvalue weighted by Gasteiger charge is -2.08. The van der Waals surface area contributed by atoms with Crippen LogP contribution in [-0.2, 0) is 0 Å². The molecule has 0 spiro atoms. The number of nitrogens with zero attached hydrogens (tertiary/aromatic N) is 1. The summed E-state index contributed by atoms with van der Waals surface area (Å²) in [5.74, 6) is -0.422. The van der Waals surface area contributed by atoms with E-state index in [1.165, 1.54) is 0 Å². The number of aromatic nitrogens is 1. The molecule has 0 aliphatic carbocycles. The lowest BCUT2D eigenvalue weighted by molar-refractivity contribution is 0.0955. The van der Waals surface area contributed by atoms with Gasteiger partial charge >= 0.3 is 0 Å². The number of hydrogen-bond donors (Lipinski definition) is 2. The molecule has 0 radical (unpaired) electrons. The fourth-order valence-electron chi connectivity index (χ4n) is 1.89. The quantitative estimate of drug-likeness (QED) is 0.821. The Morgan fingerprint density at radius 3 is 2.41 bits per heavy atom. The van der Waals surface area contributed by atoms with E-state index in [0.29, 0.717) is 28.1 Å². The van der Waals surface area contributed by atoms with E-state index < -0.39 is 0 Å². The summed E-state index contributed by atoms with van der Waals surface area (Å²) >= 11 is 3.25. The largest absolute Gasteiger partial charge is 0.352 e. The fourth-order valence-corrected chi connectivity index (χ4v) is 2.20. The summed E-state index contributed by atoms with van der Waals surface area (Å²) in [5.41, 5.74) is 2.32. The molecule has 0 bridgehead atoms. The van der Waals surface area contributed by atoms with Crippen LogP contribution in [0.3, 0.4) is 0 Å². The maximum atomic E-state index is 12.2. The van der Waals surface area contributed by atoms with Crippen molar-refractivity contribution in [1.82, 2.24) is 10.3 Å². The predicted molar refractivity (Wildman–Crippen MR) is 89.1 cm³/mol. The van der Waals surface area contributed by atoms with Gasteiger partial charge in [0.25, 0.3) is 11.8 Å². The number of anilines is 1. The molecule has 114 valence electrons. The van der Waals surface area contributed by atoms with Crippen molar-refractivity contribution >= 4 is 33.4 Å². The van der Waals surface area contributed by atoms with E-state index in [9.17, 15) is 9.59 Å². The van der Waals surface area contributed by atoms with E-state index in [1.54, 1.807) is 30.3 Å². The van der Waals surface area contributed by atoms with Crippen molar-refractivity contribution in [2.75, 3.05) is 11.9 Å². The third-order valence-corrected chi connectivity index (χ3v) is 3.46. The van der Waals surface area contributed by atoms with Gasteiger partial charge in [0, 0.05) is 17.8 Å². The highest BCUT2D eigenvalue weighted by Crippen LogP contribution is 2.15. The van der Waals surface area contributed by atoms with Crippen LogP contribution in [0.15, 0.2) is 41.0 Å². The van der Waals surface area contributed by atoms with Gasteiger partial charge in [-0.25, -0.2) is 4.98 Å². The molecule has 22 heavy (non-hydrogen) atoms. The molecule has 0 atom stereocenters. The zero-order valence-electron chi connectivity index (χ0n) is 12.3. The Hall–Kier alpha value is -2.21. The summed E-state index contributed by atoms with van der Waals surface area (Å²) in [7, 11) is 0. The van der Waals surface area contributed by atoms with E-state index in [2.05, 4.69) is 31.5 Å². The maximum Gasteiger partial charge on any atom is 0.274 e. The Balaban J connectivity index is 2.12. The third-order valence-electron chi connectivity index (χ3n) is 3.02. The van der Waals surface area contributed by atoms with Crippen molar-refractivity contribution in [1.29, 1.82) is 0 Å². The van der Waals surface area contributed by atoms with E-state index >= 15 is 0 Å². The topological polar surface area (TPSA) is 71.1 Å². The number of benzene rings is 1. The smallest absolute Gasteiger partial charge is 0.274 e. The summed E-state index contributed by atoms with van der Waals surface area (Å²) in [6.07, 6.45) is 0. The van der Waals surface area contributed by atoms with Crippen LogP contribution in [0.4, 0.5) is 5.69 Å². The van der Waals surface area contributed by atoms with Gasteiger partial charge in [0.1, 0.15) is 10.3 Å². The summed E-state index contributed by atoms with van der Waals surface area (Å²) in [4.78, 5) is 28.1.